The summed E-state index contributed by atoms with van der Waals surface area (Å²) < 4.78 is 6.41. The predicted molar refractivity (Wildman–Crippen MR) is 65.5 cm³/mol. The van der Waals surface area contributed by atoms with Crippen LogP contribution in [0.25, 0.3) is 0 Å². The molecule has 1 aliphatic rings. The minimum Gasteiger partial charge on any atom is -0.475 e. The number of hydrogen-bond acceptors (Lipinski definition) is 4. The fraction of sp³-hybridized carbons (Fsp3) is 0.636. The molecule has 0 bridgehead atoms. The highest BCUT2D eigenvalue weighted by atomic mass is 79.9. The number of likely N-dealkylation sites (tertiary alicyclic amines) is 1. The zero-order chi connectivity index (χ0) is 11.2. The summed E-state index contributed by atoms with van der Waals surface area (Å²) in [6.07, 6.45) is 7.20. The van der Waals surface area contributed by atoms with Crippen LogP contribution in [-0.4, -0.2) is 41.1 Å². The van der Waals surface area contributed by atoms with E-state index < -0.39 is 0 Å². The Morgan fingerprint density at radius 1 is 1.31 bits per heavy atom. The second-order valence-electron chi connectivity index (χ2n) is 3.93. The Labute approximate surface area is 104 Å². The first-order valence-corrected chi connectivity index (χ1v) is 6.46. The van der Waals surface area contributed by atoms with Gasteiger partial charge >= 0.3 is 0 Å². The van der Waals surface area contributed by atoms with E-state index in [1.54, 1.807) is 6.20 Å². The quantitative estimate of drug-likeness (QED) is 0.849. The lowest BCUT2D eigenvalue weighted by Gasteiger charge is -2.26. The molecular formula is C11H16BrN3O. The average Bonchev–Trinajstić information content (AvgIpc) is 2.33. The minimum atomic E-state index is 0.631. The molecule has 0 aliphatic carbocycles. The molecule has 5 heteroatoms. The molecule has 1 aromatic rings. The van der Waals surface area contributed by atoms with Crippen LogP contribution in [-0.2, 0) is 0 Å². The number of rotatable bonds is 4. The highest BCUT2D eigenvalue weighted by molar-refractivity contribution is 9.10. The second kappa shape index (κ2) is 6.15. The molecule has 0 unspecified atom stereocenters. The third-order valence-corrected chi connectivity index (χ3v) is 3.27. The lowest BCUT2D eigenvalue weighted by molar-refractivity contribution is 0.180. The van der Waals surface area contributed by atoms with Gasteiger partial charge in [0.05, 0.1) is 4.47 Å². The van der Waals surface area contributed by atoms with E-state index in [-0.39, 0.29) is 0 Å². The van der Waals surface area contributed by atoms with Gasteiger partial charge in [-0.05, 0) is 41.9 Å². The standard InChI is InChI=1S/C11H16BrN3O/c12-10-8-13-9-14-11(10)16-7-6-15-4-2-1-3-5-15/h8-9H,1-7H2. The van der Waals surface area contributed by atoms with Crippen molar-refractivity contribution in [2.75, 3.05) is 26.2 Å². The third-order valence-electron chi connectivity index (χ3n) is 2.73. The Morgan fingerprint density at radius 2 is 2.12 bits per heavy atom. The van der Waals surface area contributed by atoms with Gasteiger partial charge in [0.25, 0.3) is 0 Å². The monoisotopic (exact) mass is 285 g/mol. The Bertz CT molecular complexity index is 329. The lowest BCUT2D eigenvalue weighted by atomic mass is 10.1. The van der Waals surface area contributed by atoms with Crippen LogP contribution >= 0.6 is 15.9 Å². The molecule has 16 heavy (non-hydrogen) atoms. The SMILES string of the molecule is Brc1cncnc1OCCN1CCCCC1. The predicted octanol–water partition coefficient (Wildman–Crippen LogP) is 2.10. The molecule has 0 spiro atoms. The Kier molecular flexibility index (Phi) is 4.54. The van der Waals surface area contributed by atoms with Crippen molar-refractivity contribution in [3.8, 4) is 5.88 Å². The number of halogens is 1. The van der Waals surface area contributed by atoms with Crippen molar-refractivity contribution >= 4 is 15.9 Å². The number of nitrogens with zero attached hydrogens (tertiary/aromatic N) is 3. The molecule has 2 heterocycles. The maximum Gasteiger partial charge on any atom is 0.231 e. The molecule has 0 atom stereocenters. The van der Waals surface area contributed by atoms with E-state index in [1.165, 1.54) is 38.7 Å². The zero-order valence-electron chi connectivity index (χ0n) is 9.23. The van der Waals surface area contributed by atoms with Crippen molar-refractivity contribution in [1.82, 2.24) is 14.9 Å². The molecule has 0 amide bonds. The third kappa shape index (κ3) is 3.42. The van der Waals surface area contributed by atoms with Gasteiger partial charge in [-0.3, -0.25) is 4.90 Å². The van der Waals surface area contributed by atoms with E-state index in [4.69, 9.17) is 4.74 Å². The Balaban J connectivity index is 1.73. The van der Waals surface area contributed by atoms with Crippen molar-refractivity contribution < 1.29 is 4.74 Å². The van der Waals surface area contributed by atoms with E-state index in [9.17, 15) is 0 Å². The maximum absolute atomic E-state index is 5.60. The van der Waals surface area contributed by atoms with Crippen LogP contribution in [0.1, 0.15) is 19.3 Å². The molecule has 1 saturated heterocycles. The summed E-state index contributed by atoms with van der Waals surface area (Å²) in [5.74, 6) is 0.631. The molecule has 1 fully saturated rings. The summed E-state index contributed by atoms with van der Waals surface area (Å²) in [6, 6.07) is 0. The summed E-state index contributed by atoms with van der Waals surface area (Å²) in [5, 5.41) is 0. The zero-order valence-corrected chi connectivity index (χ0v) is 10.8. The van der Waals surface area contributed by atoms with E-state index in [2.05, 4.69) is 30.8 Å². The van der Waals surface area contributed by atoms with E-state index >= 15 is 0 Å². The van der Waals surface area contributed by atoms with Gasteiger partial charge in [-0.1, -0.05) is 6.42 Å². The van der Waals surface area contributed by atoms with Gasteiger partial charge in [-0.25, -0.2) is 9.97 Å². The second-order valence-corrected chi connectivity index (χ2v) is 4.78. The molecule has 0 saturated carbocycles. The number of aromatic nitrogens is 2. The normalized spacial score (nSPS) is 17.3. The van der Waals surface area contributed by atoms with Crippen molar-refractivity contribution in [2.24, 2.45) is 0 Å². The first kappa shape index (κ1) is 11.8. The van der Waals surface area contributed by atoms with Gasteiger partial charge in [-0.2, -0.15) is 0 Å². The van der Waals surface area contributed by atoms with Crippen LogP contribution in [0.3, 0.4) is 0 Å². The topological polar surface area (TPSA) is 38.3 Å². The first-order valence-electron chi connectivity index (χ1n) is 5.67. The highest BCUT2D eigenvalue weighted by Gasteiger charge is 2.10. The van der Waals surface area contributed by atoms with Crippen LogP contribution in [0.5, 0.6) is 5.88 Å². The summed E-state index contributed by atoms with van der Waals surface area (Å²) in [7, 11) is 0. The first-order chi connectivity index (χ1) is 7.86. The van der Waals surface area contributed by atoms with Crippen molar-refractivity contribution in [1.29, 1.82) is 0 Å². The maximum atomic E-state index is 5.60. The van der Waals surface area contributed by atoms with E-state index in [1.807, 2.05) is 0 Å². The largest absolute Gasteiger partial charge is 0.475 e. The fourth-order valence-electron chi connectivity index (χ4n) is 1.86. The van der Waals surface area contributed by atoms with Crippen molar-refractivity contribution in [3.05, 3.63) is 17.0 Å². The molecule has 1 aromatic heterocycles. The van der Waals surface area contributed by atoms with E-state index in [0.29, 0.717) is 12.5 Å². The highest BCUT2D eigenvalue weighted by Crippen LogP contribution is 2.19. The van der Waals surface area contributed by atoms with Gasteiger partial charge in [0, 0.05) is 12.7 Å². The van der Waals surface area contributed by atoms with Crippen LogP contribution in [0, 0.1) is 0 Å². The van der Waals surface area contributed by atoms with Crippen LogP contribution in [0.15, 0.2) is 17.0 Å². The summed E-state index contributed by atoms with van der Waals surface area (Å²) in [6.45, 7) is 4.08. The van der Waals surface area contributed by atoms with E-state index in [0.717, 1.165) is 11.0 Å². The smallest absolute Gasteiger partial charge is 0.231 e. The Hall–Kier alpha value is -0.680. The molecule has 0 radical (unpaired) electrons. The summed E-state index contributed by atoms with van der Waals surface area (Å²) in [5.41, 5.74) is 0. The molecule has 2 rings (SSSR count). The molecule has 1 aliphatic heterocycles. The molecule has 88 valence electrons. The average molecular weight is 286 g/mol. The van der Waals surface area contributed by atoms with Crippen LogP contribution in [0.2, 0.25) is 0 Å². The fourth-order valence-corrected chi connectivity index (χ4v) is 2.20. The summed E-state index contributed by atoms with van der Waals surface area (Å²) in [4.78, 5) is 10.4. The number of hydrogen-bond donors (Lipinski definition) is 0. The van der Waals surface area contributed by atoms with Gasteiger partial charge < -0.3 is 4.74 Å². The van der Waals surface area contributed by atoms with Crippen LogP contribution < -0.4 is 4.74 Å². The van der Waals surface area contributed by atoms with Crippen LogP contribution in [0.4, 0.5) is 0 Å². The van der Waals surface area contributed by atoms with Gasteiger partial charge in [0.2, 0.25) is 5.88 Å². The van der Waals surface area contributed by atoms with Crippen molar-refractivity contribution in [3.63, 3.8) is 0 Å². The van der Waals surface area contributed by atoms with Gasteiger partial charge in [-0.15, -0.1) is 0 Å². The summed E-state index contributed by atoms with van der Waals surface area (Å²) >= 11 is 3.36. The lowest BCUT2D eigenvalue weighted by Crippen LogP contribution is -2.33. The number of piperidine rings is 1. The number of ether oxygens (including phenoxy) is 1. The molecule has 0 N–H and O–H groups in total. The van der Waals surface area contributed by atoms with Gasteiger partial charge in [0.15, 0.2) is 0 Å². The van der Waals surface area contributed by atoms with Gasteiger partial charge in [0.1, 0.15) is 12.9 Å². The molecule has 4 nitrogen and oxygen atoms in total. The molecular weight excluding hydrogens is 270 g/mol. The molecule has 0 aromatic carbocycles. The minimum absolute atomic E-state index is 0.631. The van der Waals surface area contributed by atoms with Crippen molar-refractivity contribution in [2.45, 2.75) is 19.3 Å². The Morgan fingerprint density at radius 3 is 2.88 bits per heavy atom.